The van der Waals surface area contributed by atoms with Gasteiger partial charge in [-0.2, -0.15) is 0 Å². The van der Waals surface area contributed by atoms with Gasteiger partial charge in [0.2, 0.25) is 11.6 Å². The van der Waals surface area contributed by atoms with Crippen molar-refractivity contribution >= 4 is 35.6 Å². The molecule has 4 aliphatic rings. The quantitative estimate of drug-likeness (QED) is 0.130. The Morgan fingerprint density at radius 2 is 1.51 bits per heavy atom. The summed E-state index contributed by atoms with van der Waals surface area (Å²) in [6.45, 7) is 6.73. The van der Waals surface area contributed by atoms with Crippen molar-refractivity contribution in [3.05, 3.63) is 108 Å². The molecular weight excluding hydrogens is 790 g/mol. The highest BCUT2D eigenvalue weighted by atomic mass is 16.6. The Balaban J connectivity index is 1.28. The van der Waals surface area contributed by atoms with Gasteiger partial charge in [-0.1, -0.05) is 99.6 Å². The van der Waals surface area contributed by atoms with E-state index < -0.39 is 118 Å². The van der Waals surface area contributed by atoms with E-state index in [2.05, 4.69) is 5.32 Å². The van der Waals surface area contributed by atoms with Crippen molar-refractivity contribution < 1.29 is 67.8 Å². The van der Waals surface area contributed by atoms with Crippen LogP contribution in [0.2, 0.25) is 0 Å². The number of benzene rings is 3. The molecule has 1 aliphatic heterocycles. The first-order valence-electron chi connectivity index (χ1n) is 20.3. The molecule has 0 aromatic heterocycles. The number of nitrogens with one attached hydrogen (secondary N) is 1. The lowest BCUT2D eigenvalue weighted by atomic mass is 9.42. The predicted molar refractivity (Wildman–Crippen MR) is 213 cm³/mol. The molecule has 1 heterocycles. The summed E-state index contributed by atoms with van der Waals surface area (Å²) in [7, 11) is 0. The monoisotopic (exact) mass is 841 g/mol. The Bertz CT molecular complexity index is 2170. The lowest BCUT2D eigenvalue weighted by molar-refractivity contribution is -0.350. The van der Waals surface area contributed by atoms with Crippen LogP contribution in [0.3, 0.4) is 0 Å². The van der Waals surface area contributed by atoms with E-state index in [1.807, 2.05) is 0 Å². The second-order valence-corrected chi connectivity index (χ2v) is 17.4. The van der Waals surface area contributed by atoms with Crippen molar-refractivity contribution in [2.75, 3.05) is 6.61 Å². The summed E-state index contributed by atoms with van der Waals surface area (Å²) in [4.78, 5) is 84.0. The number of ether oxygens (including phenoxy) is 5. The van der Waals surface area contributed by atoms with E-state index in [0.29, 0.717) is 11.1 Å². The van der Waals surface area contributed by atoms with Gasteiger partial charge in [-0.3, -0.25) is 14.4 Å². The number of Topliss-reactive ketones (excluding diaryl/α,β-unsaturated/α-hetero) is 2. The van der Waals surface area contributed by atoms with Crippen molar-refractivity contribution in [2.45, 2.75) is 102 Å². The Kier molecular flexibility index (Phi) is 11.7. The zero-order chi connectivity index (χ0) is 44.1. The second kappa shape index (κ2) is 16.4. The van der Waals surface area contributed by atoms with Crippen molar-refractivity contribution in [3.63, 3.8) is 0 Å². The fraction of sp³-hybridized carbons (Fsp3) is 0.478. The molecule has 6 unspecified atom stereocenters. The Hall–Kier alpha value is -5.48. The van der Waals surface area contributed by atoms with Crippen LogP contribution in [0.5, 0.6) is 0 Å². The minimum absolute atomic E-state index is 0.0722. The van der Waals surface area contributed by atoms with E-state index in [4.69, 9.17) is 23.7 Å². The highest BCUT2D eigenvalue weighted by Gasteiger charge is 2.79. The third kappa shape index (κ3) is 7.40. The first-order chi connectivity index (χ1) is 28.9. The average Bonchev–Trinajstić information content (AvgIpc) is 3.24. The van der Waals surface area contributed by atoms with Crippen LogP contribution in [0, 0.1) is 28.6 Å². The zero-order valence-corrected chi connectivity index (χ0v) is 34.5. The number of hydrogen-bond acceptors (Lipinski definition) is 14. The number of amides is 1. The van der Waals surface area contributed by atoms with Crippen molar-refractivity contribution in [3.8, 4) is 0 Å². The van der Waals surface area contributed by atoms with Crippen LogP contribution in [0.25, 0.3) is 0 Å². The molecular formula is C46H51NO14. The Morgan fingerprint density at radius 3 is 2.10 bits per heavy atom. The first kappa shape index (κ1) is 43.6. The van der Waals surface area contributed by atoms with Gasteiger partial charge in [0.25, 0.3) is 0 Å². The molecule has 15 heteroatoms. The Morgan fingerprint density at radius 1 is 0.902 bits per heavy atom. The number of rotatable bonds is 10. The van der Waals surface area contributed by atoms with E-state index in [-0.39, 0.29) is 25.2 Å². The lowest BCUT2D eigenvalue weighted by Crippen LogP contribution is -2.82. The van der Waals surface area contributed by atoms with Gasteiger partial charge in [-0.15, -0.1) is 0 Å². The van der Waals surface area contributed by atoms with Crippen molar-refractivity contribution in [1.82, 2.24) is 5.32 Å². The van der Waals surface area contributed by atoms with E-state index in [0.717, 1.165) is 6.92 Å². The molecule has 4 fully saturated rings. The molecule has 2 bridgehead atoms. The maximum absolute atomic E-state index is 14.9. The molecule has 61 heavy (non-hydrogen) atoms. The smallest absolute Gasteiger partial charge is 0.408 e. The fourth-order valence-electron chi connectivity index (χ4n) is 10.3. The average molecular weight is 842 g/mol. The van der Waals surface area contributed by atoms with Crippen molar-refractivity contribution in [2.24, 2.45) is 28.6 Å². The van der Waals surface area contributed by atoms with E-state index in [1.165, 1.54) is 19.1 Å². The highest BCUT2D eigenvalue weighted by Crippen LogP contribution is 2.64. The minimum atomic E-state index is -2.37. The number of hydrogen-bond donors (Lipinski definition) is 4. The van der Waals surface area contributed by atoms with Crippen LogP contribution >= 0.6 is 0 Å². The van der Waals surface area contributed by atoms with Gasteiger partial charge in [0.15, 0.2) is 11.7 Å². The van der Waals surface area contributed by atoms with Crippen LogP contribution in [-0.4, -0.2) is 99.2 Å². The van der Waals surface area contributed by atoms with Gasteiger partial charge in [0.05, 0.1) is 35.6 Å². The summed E-state index contributed by atoms with van der Waals surface area (Å²) in [5.41, 5.74) is -6.74. The highest BCUT2D eigenvalue weighted by molar-refractivity contribution is 6.40. The molecule has 3 aromatic carbocycles. The summed E-state index contributed by atoms with van der Waals surface area (Å²) in [5.74, 6) is -8.98. The molecule has 3 saturated carbocycles. The standard InChI is InChI=1S/C46H51NO14/c1-25-30(59-41(54)36(51)34(28-17-11-7-12-18-28)47-42(55)57-23-27-15-9-6-10-16-27)22-46(56)39(60-40(53)29-19-13-8-14-20-29)37-44(5,38(52)35(50)33(25)43(46,3)4)31(49)21-32-45(37,24-58-32)61-26(2)48/h6-20,25,30-34,36-37,39,49,51,56H,21-24H2,1-5H3,(H,47,55)/t25?,30?,31-,32?,33?,34-,36?,37?,39-,44+,45-,46+/m0/s1. The normalized spacial score (nSPS) is 33.4. The number of aliphatic hydroxyl groups is 3. The van der Waals surface area contributed by atoms with Crippen LogP contribution in [-0.2, 0) is 49.5 Å². The second-order valence-electron chi connectivity index (χ2n) is 17.4. The van der Waals surface area contributed by atoms with Crippen LogP contribution in [0.15, 0.2) is 91.0 Å². The summed E-state index contributed by atoms with van der Waals surface area (Å²) in [6, 6.07) is 23.4. The number of esters is 3. The van der Waals surface area contributed by atoms with Crippen LogP contribution in [0.1, 0.15) is 75.0 Å². The molecule has 0 radical (unpaired) electrons. The maximum Gasteiger partial charge on any atom is 0.408 e. The topological polar surface area (TPSA) is 221 Å². The van der Waals surface area contributed by atoms with Gasteiger partial charge in [-0.25, -0.2) is 14.4 Å². The number of carbonyl (C=O) groups excluding carboxylic acids is 6. The number of fused-ring (bicyclic) bond motifs is 5. The summed E-state index contributed by atoms with van der Waals surface area (Å²) >= 11 is 0. The molecule has 15 nitrogen and oxygen atoms in total. The van der Waals surface area contributed by atoms with Gasteiger partial charge in [-0.05, 0) is 30.2 Å². The van der Waals surface area contributed by atoms with E-state index in [1.54, 1.807) is 99.6 Å². The molecule has 7 rings (SSSR count). The summed E-state index contributed by atoms with van der Waals surface area (Å²) < 4.78 is 29.5. The number of aliphatic hydroxyl groups excluding tert-OH is 2. The summed E-state index contributed by atoms with van der Waals surface area (Å²) in [6.07, 6.45) is -9.55. The number of carbonyl (C=O) groups is 6. The lowest BCUT2D eigenvalue weighted by Gasteiger charge is -2.67. The molecule has 1 amide bonds. The molecule has 3 aromatic rings. The van der Waals surface area contributed by atoms with Gasteiger partial charge < -0.3 is 44.3 Å². The van der Waals surface area contributed by atoms with E-state index in [9.17, 15) is 44.1 Å². The molecule has 3 aliphatic carbocycles. The summed E-state index contributed by atoms with van der Waals surface area (Å²) in [5, 5.41) is 39.5. The number of alkyl carbamates (subject to hydrolysis) is 1. The van der Waals surface area contributed by atoms with Crippen LogP contribution in [0.4, 0.5) is 4.79 Å². The van der Waals surface area contributed by atoms with Crippen LogP contribution < -0.4 is 5.32 Å². The van der Waals surface area contributed by atoms with Gasteiger partial charge in [0, 0.05) is 37.0 Å². The maximum atomic E-state index is 14.9. The molecule has 4 N–H and O–H groups in total. The predicted octanol–water partition coefficient (Wildman–Crippen LogP) is 3.81. The zero-order valence-electron chi connectivity index (χ0n) is 34.5. The molecule has 0 spiro atoms. The Labute approximate surface area is 352 Å². The fourth-order valence-corrected chi connectivity index (χ4v) is 10.3. The van der Waals surface area contributed by atoms with Gasteiger partial charge in [0.1, 0.15) is 30.5 Å². The number of ketones is 2. The van der Waals surface area contributed by atoms with E-state index >= 15 is 0 Å². The minimum Gasteiger partial charge on any atom is -0.460 e. The third-order valence-corrected chi connectivity index (χ3v) is 13.7. The van der Waals surface area contributed by atoms with Gasteiger partial charge >= 0.3 is 24.0 Å². The third-order valence-electron chi connectivity index (χ3n) is 13.7. The van der Waals surface area contributed by atoms with Crippen molar-refractivity contribution in [1.29, 1.82) is 0 Å². The SMILES string of the molecule is CC(=O)O[C@@]12COC1C[C@H](O)[C@@]1(C)C(=O)C(=O)C3C(C)C(OC(=O)C(O)[C@@H](NC(=O)OCc4ccccc4)c4ccccc4)C[C@@](O)([C@@H](OC(=O)c4ccccc4)C21)C3(C)C. The first-order valence-corrected chi connectivity index (χ1v) is 20.3. The molecule has 324 valence electrons. The molecule has 1 saturated heterocycles. The molecule has 12 atom stereocenters. The largest absolute Gasteiger partial charge is 0.460 e.